The molecule has 0 saturated carbocycles. The highest BCUT2D eigenvalue weighted by atomic mass is 32.1. The van der Waals surface area contributed by atoms with Gasteiger partial charge in [0.15, 0.2) is 0 Å². The maximum absolute atomic E-state index is 12.4. The molecule has 0 aliphatic carbocycles. The normalized spacial score (nSPS) is 17.1. The molecule has 1 aliphatic rings. The van der Waals surface area contributed by atoms with Gasteiger partial charge >= 0.3 is 0 Å². The van der Waals surface area contributed by atoms with Crippen molar-refractivity contribution in [1.29, 1.82) is 0 Å². The Kier molecular flexibility index (Phi) is 3.02. The molecule has 0 fully saturated rings. The highest BCUT2D eigenvalue weighted by Crippen LogP contribution is 2.31. The number of nitrogens with zero attached hydrogens (tertiary/aromatic N) is 4. The van der Waals surface area contributed by atoms with Crippen LogP contribution in [-0.4, -0.2) is 35.6 Å². The van der Waals surface area contributed by atoms with E-state index >= 15 is 0 Å². The van der Waals surface area contributed by atoms with Crippen molar-refractivity contribution in [2.45, 2.75) is 6.92 Å². The van der Waals surface area contributed by atoms with Crippen molar-refractivity contribution in [2.75, 3.05) is 19.1 Å². The summed E-state index contributed by atoms with van der Waals surface area (Å²) in [6, 6.07) is 7.82. The van der Waals surface area contributed by atoms with Gasteiger partial charge in [0.05, 0.1) is 21.5 Å². The van der Waals surface area contributed by atoms with Crippen molar-refractivity contribution >= 4 is 38.3 Å². The lowest BCUT2D eigenvalue weighted by Gasteiger charge is -2.08. The molecule has 0 spiro atoms. The van der Waals surface area contributed by atoms with Crippen LogP contribution < -0.4 is 5.01 Å². The second kappa shape index (κ2) is 4.72. The van der Waals surface area contributed by atoms with Crippen LogP contribution in [0.5, 0.6) is 0 Å². The first-order chi connectivity index (χ1) is 9.56. The number of benzene rings is 1. The average Bonchev–Trinajstić information content (AvgIpc) is 2.94. The minimum absolute atomic E-state index is 0.129. The van der Waals surface area contributed by atoms with Gasteiger partial charge in [-0.3, -0.25) is 4.79 Å². The topological polar surface area (TPSA) is 48.8 Å². The molecule has 1 aliphatic heterocycles. The lowest BCUT2D eigenvalue weighted by atomic mass is 10.2. The minimum Gasteiger partial charge on any atom is -0.383 e. The Hall–Kier alpha value is -2.21. The summed E-state index contributed by atoms with van der Waals surface area (Å²) < 4.78 is 1.05. The van der Waals surface area contributed by atoms with Gasteiger partial charge in [-0.25, -0.2) is 4.98 Å². The maximum Gasteiger partial charge on any atom is 0.284 e. The second-order valence-corrected chi connectivity index (χ2v) is 5.78. The molecule has 0 N–H and O–H groups in total. The van der Waals surface area contributed by atoms with Crippen LogP contribution in [0.4, 0.5) is 5.13 Å². The van der Waals surface area contributed by atoms with E-state index in [1.807, 2.05) is 50.2 Å². The molecule has 0 saturated heterocycles. The highest BCUT2D eigenvalue weighted by molar-refractivity contribution is 7.22. The number of hydrazone groups is 1. The SMILES string of the molecule is CC1=NN(c2nc3ccccc3s2)C(=O)/C1=C/N(C)C. The van der Waals surface area contributed by atoms with Gasteiger partial charge in [-0.2, -0.15) is 10.1 Å². The molecule has 20 heavy (non-hydrogen) atoms. The molecular weight excluding hydrogens is 272 g/mol. The van der Waals surface area contributed by atoms with Crippen LogP contribution in [0.15, 0.2) is 41.1 Å². The molecule has 0 radical (unpaired) electrons. The maximum atomic E-state index is 12.4. The number of aromatic nitrogens is 1. The summed E-state index contributed by atoms with van der Waals surface area (Å²) in [5.74, 6) is -0.129. The number of carbonyl (C=O) groups is 1. The number of hydrogen-bond acceptors (Lipinski definition) is 5. The summed E-state index contributed by atoms with van der Waals surface area (Å²) in [5, 5.41) is 6.32. The predicted molar refractivity (Wildman–Crippen MR) is 82.0 cm³/mol. The fourth-order valence-corrected chi connectivity index (χ4v) is 2.92. The standard InChI is InChI=1S/C14H14N4OS/c1-9-10(8-17(2)3)13(19)18(16-9)14-15-11-6-4-5-7-12(11)20-14/h4-8H,1-3H3/b10-8+. The Balaban J connectivity index is 2.01. The fourth-order valence-electron chi connectivity index (χ4n) is 2.01. The van der Waals surface area contributed by atoms with Crippen molar-refractivity contribution < 1.29 is 4.79 Å². The van der Waals surface area contributed by atoms with Crippen LogP contribution in [0.2, 0.25) is 0 Å². The molecule has 1 aromatic heterocycles. The van der Waals surface area contributed by atoms with Gasteiger partial charge in [0.25, 0.3) is 5.91 Å². The van der Waals surface area contributed by atoms with Crippen molar-refractivity contribution in [1.82, 2.24) is 9.88 Å². The first kappa shape index (κ1) is 12.8. The second-order valence-electron chi connectivity index (χ2n) is 4.77. The quantitative estimate of drug-likeness (QED) is 0.797. The van der Waals surface area contributed by atoms with Crippen LogP contribution in [0, 0.1) is 0 Å². The Labute approximate surface area is 120 Å². The molecule has 1 aromatic carbocycles. The monoisotopic (exact) mass is 286 g/mol. The lowest BCUT2D eigenvalue weighted by Crippen LogP contribution is -2.22. The van der Waals surface area contributed by atoms with Crippen molar-refractivity contribution in [3.8, 4) is 0 Å². The zero-order valence-corrected chi connectivity index (χ0v) is 12.3. The Bertz CT molecular complexity index is 711. The van der Waals surface area contributed by atoms with Gasteiger partial charge in [-0.15, -0.1) is 0 Å². The van der Waals surface area contributed by atoms with Gasteiger partial charge in [0.2, 0.25) is 5.13 Å². The summed E-state index contributed by atoms with van der Waals surface area (Å²) in [6.45, 7) is 1.83. The zero-order valence-electron chi connectivity index (χ0n) is 11.5. The smallest absolute Gasteiger partial charge is 0.284 e. The van der Waals surface area contributed by atoms with E-state index in [9.17, 15) is 4.79 Å². The van der Waals surface area contributed by atoms with E-state index < -0.39 is 0 Å². The van der Waals surface area contributed by atoms with E-state index in [4.69, 9.17) is 0 Å². The van der Waals surface area contributed by atoms with Gasteiger partial charge in [-0.1, -0.05) is 23.5 Å². The molecule has 3 rings (SSSR count). The number of anilines is 1. The van der Waals surface area contributed by atoms with Crippen molar-refractivity contribution in [3.63, 3.8) is 0 Å². The molecule has 1 amide bonds. The highest BCUT2D eigenvalue weighted by Gasteiger charge is 2.31. The van der Waals surface area contributed by atoms with Gasteiger partial charge in [0.1, 0.15) is 0 Å². The molecule has 2 heterocycles. The summed E-state index contributed by atoms with van der Waals surface area (Å²) in [4.78, 5) is 18.7. The van der Waals surface area contributed by atoms with E-state index in [0.29, 0.717) is 16.4 Å². The molecule has 0 bridgehead atoms. The first-order valence-corrected chi connectivity index (χ1v) is 7.02. The molecule has 6 heteroatoms. The van der Waals surface area contributed by atoms with Crippen LogP contribution in [-0.2, 0) is 4.79 Å². The number of rotatable bonds is 2. The van der Waals surface area contributed by atoms with Gasteiger partial charge in [0, 0.05) is 20.3 Å². The third-order valence-corrected chi connectivity index (χ3v) is 3.93. The molecule has 0 atom stereocenters. The van der Waals surface area contributed by atoms with Gasteiger partial charge in [-0.05, 0) is 19.1 Å². The number of amides is 1. The summed E-state index contributed by atoms with van der Waals surface area (Å²) in [7, 11) is 3.77. The van der Waals surface area contributed by atoms with Crippen LogP contribution in [0.1, 0.15) is 6.92 Å². The number of carbonyl (C=O) groups excluding carboxylic acids is 1. The summed E-state index contributed by atoms with van der Waals surface area (Å²) in [5.41, 5.74) is 2.20. The lowest BCUT2D eigenvalue weighted by molar-refractivity contribution is -0.114. The molecule has 2 aromatic rings. The van der Waals surface area contributed by atoms with Crippen LogP contribution >= 0.6 is 11.3 Å². The van der Waals surface area contributed by atoms with Crippen LogP contribution in [0.3, 0.4) is 0 Å². The van der Waals surface area contributed by atoms with E-state index in [1.165, 1.54) is 16.3 Å². The predicted octanol–water partition coefficient (Wildman–Crippen LogP) is 2.46. The summed E-state index contributed by atoms with van der Waals surface area (Å²) in [6.07, 6.45) is 1.79. The van der Waals surface area contributed by atoms with Crippen LogP contribution in [0.25, 0.3) is 10.2 Å². The Morgan fingerprint density at radius 3 is 2.75 bits per heavy atom. The summed E-state index contributed by atoms with van der Waals surface area (Å²) >= 11 is 1.47. The third-order valence-electron chi connectivity index (χ3n) is 2.91. The number of thiazole rings is 1. The first-order valence-electron chi connectivity index (χ1n) is 6.20. The Morgan fingerprint density at radius 2 is 2.05 bits per heavy atom. The minimum atomic E-state index is -0.129. The number of para-hydroxylation sites is 1. The van der Waals surface area contributed by atoms with Crippen molar-refractivity contribution in [3.05, 3.63) is 36.0 Å². The largest absolute Gasteiger partial charge is 0.383 e. The van der Waals surface area contributed by atoms with Crippen molar-refractivity contribution in [2.24, 2.45) is 5.10 Å². The van der Waals surface area contributed by atoms with Gasteiger partial charge < -0.3 is 4.90 Å². The van der Waals surface area contributed by atoms with E-state index in [1.54, 1.807) is 6.20 Å². The molecule has 0 unspecified atom stereocenters. The van der Waals surface area contributed by atoms with E-state index in [-0.39, 0.29) is 5.91 Å². The van der Waals surface area contributed by atoms with E-state index in [0.717, 1.165) is 10.2 Å². The third kappa shape index (κ3) is 2.08. The molecule has 102 valence electrons. The average molecular weight is 286 g/mol. The fraction of sp³-hybridized carbons (Fsp3) is 0.214. The Morgan fingerprint density at radius 1 is 1.30 bits per heavy atom. The molecular formula is C14H14N4OS. The number of fused-ring (bicyclic) bond motifs is 1. The zero-order chi connectivity index (χ0) is 14.3. The van der Waals surface area contributed by atoms with E-state index in [2.05, 4.69) is 10.1 Å². The number of hydrogen-bond donors (Lipinski definition) is 0. The molecule has 5 nitrogen and oxygen atoms in total.